The van der Waals surface area contributed by atoms with Gasteiger partial charge in [0.25, 0.3) is 0 Å². The van der Waals surface area contributed by atoms with Gasteiger partial charge in [-0.15, -0.1) is 0 Å². The van der Waals surface area contributed by atoms with Crippen LogP contribution in [0.1, 0.15) is 19.8 Å². The van der Waals surface area contributed by atoms with Crippen LogP contribution < -0.4 is 5.32 Å². The van der Waals surface area contributed by atoms with Crippen LogP contribution in [-0.4, -0.2) is 38.9 Å². The summed E-state index contributed by atoms with van der Waals surface area (Å²) in [5.74, 6) is 0.391. The third-order valence-corrected chi connectivity index (χ3v) is 7.14. The summed E-state index contributed by atoms with van der Waals surface area (Å²) in [4.78, 5) is 0.330. The van der Waals surface area contributed by atoms with Gasteiger partial charge in [-0.1, -0.05) is 22.9 Å². The summed E-state index contributed by atoms with van der Waals surface area (Å²) >= 11 is 6.71. The number of nitrogens with zero attached hydrogens (tertiary/aromatic N) is 1. The van der Waals surface area contributed by atoms with Crippen molar-refractivity contribution in [2.24, 2.45) is 5.92 Å². The Balaban J connectivity index is 2.22. The molecule has 0 spiro atoms. The predicted molar refractivity (Wildman–Crippen MR) is 91.9 cm³/mol. The van der Waals surface area contributed by atoms with E-state index in [1.165, 1.54) is 0 Å². The second-order valence-corrected chi connectivity index (χ2v) is 8.92. The van der Waals surface area contributed by atoms with E-state index < -0.39 is 10.0 Å². The molecular formula is C14H20Br2N2O2S. The summed E-state index contributed by atoms with van der Waals surface area (Å²) in [5.41, 5.74) is 0. The standard InChI is InChI=1S/C14H20Br2N2O2S/c1-2-18(10-11-4-3-7-17-9-11)21(19,20)14-6-5-12(15)8-13(14)16/h5-6,8,11,17H,2-4,7,9-10H2,1H3. The highest BCUT2D eigenvalue weighted by atomic mass is 79.9. The largest absolute Gasteiger partial charge is 0.316 e. The van der Waals surface area contributed by atoms with Gasteiger partial charge >= 0.3 is 0 Å². The van der Waals surface area contributed by atoms with Gasteiger partial charge in [0.1, 0.15) is 0 Å². The molecule has 0 saturated carbocycles. The van der Waals surface area contributed by atoms with Gasteiger partial charge in [0.05, 0.1) is 4.90 Å². The molecule has 0 radical (unpaired) electrons. The third-order valence-electron chi connectivity index (χ3n) is 3.73. The lowest BCUT2D eigenvalue weighted by Crippen LogP contribution is -2.41. The SMILES string of the molecule is CCN(CC1CCCNC1)S(=O)(=O)c1ccc(Br)cc1Br. The molecule has 1 unspecified atom stereocenters. The van der Waals surface area contributed by atoms with Crippen molar-refractivity contribution in [1.82, 2.24) is 9.62 Å². The first-order valence-corrected chi connectivity index (χ1v) is 10.1. The molecule has 1 fully saturated rings. The highest BCUT2D eigenvalue weighted by molar-refractivity contribution is 9.11. The molecule has 1 aromatic carbocycles. The predicted octanol–water partition coefficient (Wildman–Crippen LogP) is 3.22. The molecule has 1 N–H and O–H groups in total. The Morgan fingerprint density at radius 3 is 2.71 bits per heavy atom. The Labute approximate surface area is 143 Å². The molecule has 1 heterocycles. The van der Waals surface area contributed by atoms with E-state index in [0.29, 0.717) is 28.4 Å². The van der Waals surface area contributed by atoms with E-state index in [1.54, 1.807) is 22.5 Å². The van der Waals surface area contributed by atoms with E-state index in [1.807, 2.05) is 6.92 Å². The number of hydrogen-bond donors (Lipinski definition) is 1. The Kier molecular flexibility index (Phi) is 6.25. The fourth-order valence-corrected chi connectivity index (χ4v) is 5.82. The molecule has 1 saturated heterocycles. The number of benzene rings is 1. The molecule has 1 aromatic rings. The summed E-state index contributed by atoms with van der Waals surface area (Å²) in [6.07, 6.45) is 2.20. The van der Waals surface area contributed by atoms with Crippen molar-refractivity contribution in [1.29, 1.82) is 0 Å². The smallest absolute Gasteiger partial charge is 0.244 e. The number of nitrogens with one attached hydrogen (secondary N) is 1. The van der Waals surface area contributed by atoms with E-state index >= 15 is 0 Å². The topological polar surface area (TPSA) is 49.4 Å². The summed E-state index contributed by atoms with van der Waals surface area (Å²) in [7, 11) is -3.46. The molecule has 0 bridgehead atoms. The van der Waals surface area contributed by atoms with Crippen molar-refractivity contribution < 1.29 is 8.42 Å². The highest BCUT2D eigenvalue weighted by Crippen LogP contribution is 2.28. The number of rotatable bonds is 5. The fraction of sp³-hybridized carbons (Fsp3) is 0.571. The van der Waals surface area contributed by atoms with Gasteiger partial charge in [-0.05, 0) is 66.0 Å². The second kappa shape index (κ2) is 7.55. The summed E-state index contributed by atoms with van der Waals surface area (Å²) in [6, 6.07) is 5.17. The molecule has 4 nitrogen and oxygen atoms in total. The second-order valence-electron chi connectivity index (χ2n) is 5.24. The van der Waals surface area contributed by atoms with E-state index in [0.717, 1.165) is 30.4 Å². The zero-order valence-electron chi connectivity index (χ0n) is 12.0. The fourth-order valence-electron chi connectivity index (χ4n) is 2.59. The molecule has 7 heteroatoms. The van der Waals surface area contributed by atoms with Crippen molar-refractivity contribution in [3.05, 3.63) is 27.1 Å². The summed E-state index contributed by atoms with van der Waals surface area (Å²) in [6.45, 7) is 4.89. The van der Waals surface area contributed by atoms with E-state index in [9.17, 15) is 8.42 Å². The number of sulfonamides is 1. The molecule has 118 valence electrons. The van der Waals surface area contributed by atoms with Crippen molar-refractivity contribution in [3.63, 3.8) is 0 Å². The van der Waals surface area contributed by atoms with Crippen LogP contribution in [-0.2, 0) is 10.0 Å². The van der Waals surface area contributed by atoms with Crippen LogP contribution in [0.25, 0.3) is 0 Å². The van der Waals surface area contributed by atoms with Gasteiger partial charge in [0.2, 0.25) is 10.0 Å². The van der Waals surface area contributed by atoms with Crippen LogP contribution in [0.3, 0.4) is 0 Å². The maximum absolute atomic E-state index is 12.8. The van der Waals surface area contributed by atoms with Crippen molar-refractivity contribution in [2.75, 3.05) is 26.2 Å². The summed E-state index contributed by atoms with van der Waals surface area (Å²) in [5, 5.41) is 3.34. The Bertz CT molecular complexity index is 587. The molecule has 0 aliphatic carbocycles. The molecule has 21 heavy (non-hydrogen) atoms. The maximum atomic E-state index is 12.8. The Morgan fingerprint density at radius 1 is 1.38 bits per heavy atom. The van der Waals surface area contributed by atoms with Gasteiger partial charge in [0.15, 0.2) is 0 Å². The van der Waals surface area contributed by atoms with Crippen LogP contribution in [0, 0.1) is 5.92 Å². The van der Waals surface area contributed by atoms with Crippen LogP contribution >= 0.6 is 31.9 Å². The lowest BCUT2D eigenvalue weighted by atomic mass is 10.00. The molecule has 1 aliphatic heterocycles. The number of halogens is 2. The quantitative estimate of drug-likeness (QED) is 0.766. The molecule has 1 aliphatic rings. The van der Waals surface area contributed by atoms with Crippen LogP contribution in [0.15, 0.2) is 32.0 Å². The molecular weight excluding hydrogens is 420 g/mol. The van der Waals surface area contributed by atoms with Gasteiger partial charge < -0.3 is 5.32 Å². The van der Waals surface area contributed by atoms with Crippen molar-refractivity contribution in [2.45, 2.75) is 24.7 Å². The lowest BCUT2D eigenvalue weighted by molar-refractivity contribution is 0.297. The third kappa shape index (κ3) is 4.28. The number of hydrogen-bond acceptors (Lipinski definition) is 3. The van der Waals surface area contributed by atoms with Gasteiger partial charge in [0, 0.05) is 22.0 Å². The van der Waals surface area contributed by atoms with E-state index in [2.05, 4.69) is 37.2 Å². The van der Waals surface area contributed by atoms with E-state index in [-0.39, 0.29) is 0 Å². The van der Waals surface area contributed by atoms with Gasteiger partial charge in [-0.25, -0.2) is 8.42 Å². The van der Waals surface area contributed by atoms with Crippen LogP contribution in [0.2, 0.25) is 0 Å². The normalized spacial score (nSPS) is 19.9. The minimum Gasteiger partial charge on any atom is -0.316 e. The van der Waals surface area contributed by atoms with Gasteiger partial charge in [-0.3, -0.25) is 0 Å². The Hall–Kier alpha value is 0.0500. The zero-order chi connectivity index (χ0) is 15.5. The average molecular weight is 440 g/mol. The van der Waals surface area contributed by atoms with Crippen LogP contribution in [0.4, 0.5) is 0 Å². The first-order valence-electron chi connectivity index (χ1n) is 7.11. The summed E-state index contributed by atoms with van der Waals surface area (Å²) < 4.78 is 28.7. The molecule has 2 rings (SSSR count). The molecule has 0 amide bonds. The molecule has 0 aromatic heterocycles. The first-order chi connectivity index (χ1) is 9.95. The van der Waals surface area contributed by atoms with Crippen molar-refractivity contribution >= 4 is 41.9 Å². The van der Waals surface area contributed by atoms with Crippen LogP contribution in [0.5, 0.6) is 0 Å². The highest BCUT2D eigenvalue weighted by Gasteiger charge is 2.28. The zero-order valence-corrected chi connectivity index (χ0v) is 16.0. The minimum atomic E-state index is -3.46. The van der Waals surface area contributed by atoms with Gasteiger partial charge in [-0.2, -0.15) is 4.31 Å². The lowest BCUT2D eigenvalue weighted by Gasteiger charge is -2.29. The first kappa shape index (κ1) is 17.4. The molecule has 1 atom stereocenters. The minimum absolute atomic E-state index is 0.330. The Morgan fingerprint density at radius 2 is 2.14 bits per heavy atom. The van der Waals surface area contributed by atoms with Crippen molar-refractivity contribution in [3.8, 4) is 0 Å². The number of piperidine rings is 1. The average Bonchev–Trinajstić information content (AvgIpc) is 2.45. The maximum Gasteiger partial charge on any atom is 0.244 e. The monoisotopic (exact) mass is 438 g/mol. The van der Waals surface area contributed by atoms with E-state index in [4.69, 9.17) is 0 Å².